The Morgan fingerprint density at radius 1 is 1.33 bits per heavy atom. The summed E-state index contributed by atoms with van der Waals surface area (Å²) in [5.41, 5.74) is 4.48. The lowest BCUT2D eigenvalue weighted by Crippen LogP contribution is -2.14. The Morgan fingerprint density at radius 3 is 2.72 bits per heavy atom. The molecule has 0 aliphatic carbocycles. The van der Waals surface area contributed by atoms with Gasteiger partial charge in [-0.3, -0.25) is 9.67 Å². The Labute approximate surface area is 112 Å². The highest BCUT2D eigenvalue weighted by atomic mass is 35.5. The van der Waals surface area contributed by atoms with E-state index in [4.69, 9.17) is 11.6 Å². The fourth-order valence-electron chi connectivity index (χ4n) is 1.90. The number of nitrogens with zero attached hydrogens (tertiary/aromatic N) is 3. The van der Waals surface area contributed by atoms with Crippen molar-refractivity contribution in [3.05, 3.63) is 46.0 Å². The van der Waals surface area contributed by atoms with Crippen LogP contribution in [0.4, 0.5) is 0 Å². The molecule has 5 heteroatoms. The van der Waals surface area contributed by atoms with Crippen molar-refractivity contribution in [3.63, 3.8) is 0 Å². The summed E-state index contributed by atoms with van der Waals surface area (Å²) in [6.45, 7) is 5.56. The molecule has 0 aromatic carbocycles. The Morgan fingerprint density at radius 2 is 2.11 bits per heavy atom. The predicted molar refractivity (Wildman–Crippen MR) is 72.5 cm³/mol. The van der Waals surface area contributed by atoms with E-state index < -0.39 is 0 Å². The molecule has 0 unspecified atom stereocenters. The van der Waals surface area contributed by atoms with E-state index in [1.807, 2.05) is 32.4 Å². The maximum Gasteiger partial charge on any atom is 0.131 e. The minimum absolute atomic E-state index is 0.700. The summed E-state index contributed by atoms with van der Waals surface area (Å²) in [7, 11) is 1.85. The number of pyridine rings is 1. The van der Waals surface area contributed by atoms with Crippen LogP contribution in [0.25, 0.3) is 0 Å². The summed E-state index contributed by atoms with van der Waals surface area (Å²) < 4.78 is 1.70. The van der Waals surface area contributed by atoms with Crippen molar-refractivity contribution in [3.8, 4) is 0 Å². The summed E-state index contributed by atoms with van der Waals surface area (Å²) in [5.74, 6) is 0. The highest BCUT2D eigenvalue weighted by molar-refractivity contribution is 6.30. The first-order valence-electron chi connectivity index (χ1n) is 5.87. The van der Waals surface area contributed by atoms with Crippen LogP contribution in [0.1, 0.15) is 22.4 Å². The van der Waals surface area contributed by atoms with Crippen molar-refractivity contribution in [2.45, 2.75) is 26.9 Å². The second kappa shape index (κ2) is 5.50. The molecule has 2 aromatic rings. The zero-order valence-corrected chi connectivity index (χ0v) is 11.6. The number of halogens is 1. The fraction of sp³-hybridized carbons (Fsp3) is 0.385. The van der Waals surface area contributed by atoms with Gasteiger partial charge >= 0.3 is 0 Å². The Bertz CT molecular complexity index is 548. The van der Waals surface area contributed by atoms with E-state index in [1.54, 1.807) is 4.68 Å². The molecular weight excluding hydrogens is 248 g/mol. The lowest BCUT2D eigenvalue weighted by molar-refractivity contribution is 0.686. The van der Waals surface area contributed by atoms with Gasteiger partial charge in [-0.05, 0) is 31.0 Å². The summed E-state index contributed by atoms with van der Waals surface area (Å²) in [6.07, 6.45) is 3.69. The van der Waals surface area contributed by atoms with Crippen LogP contribution < -0.4 is 5.32 Å². The lowest BCUT2D eigenvalue weighted by Gasteiger charge is -2.07. The zero-order chi connectivity index (χ0) is 13.1. The normalized spacial score (nSPS) is 10.9. The second-order valence-electron chi connectivity index (χ2n) is 4.38. The quantitative estimate of drug-likeness (QED) is 0.922. The molecule has 0 fully saturated rings. The average Bonchev–Trinajstić information content (AvgIpc) is 2.58. The number of aromatic nitrogens is 3. The van der Waals surface area contributed by atoms with Crippen LogP contribution in [0.5, 0.6) is 0 Å². The van der Waals surface area contributed by atoms with Crippen molar-refractivity contribution in [2.75, 3.05) is 0 Å². The molecule has 0 amide bonds. The summed E-state index contributed by atoms with van der Waals surface area (Å²) in [4.78, 5) is 4.08. The molecule has 2 aromatic heterocycles. The first-order valence-corrected chi connectivity index (χ1v) is 6.25. The van der Waals surface area contributed by atoms with Crippen LogP contribution >= 0.6 is 11.6 Å². The third-order valence-corrected chi connectivity index (χ3v) is 3.50. The fourth-order valence-corrected chi connectivity index (χ4v) is 2.14. The van der Waals surface area contributed by atoms with E-state index in [0.29, 0.717) is 5.15 Å². The molecule has 96 valence electrons. The number of hydrogen-bond acceptors (Lipinski definition) is 3. The molecule has 18 heavy (non-hydrogen) atoms. The standard InChI is InChI=1S/C13H17ClN4/c1-9-6-15-5-4-11(9)7-16-8-12-10(2)17-18(3)13(12)14/h4-6,16H,7-8H2,1-3H3. The van der Waals surface area contributed by atoms with Crippen LogP contribution in [0, 0.1) is 13.8 Å². The molecule has 0 aliphatic heterocycles. The van der Waals surface area contributed by atoms with E-state index in [2.05, 4.69) is 22.3 Å². The molecule has 4 nitrogen and oxygen atoms in total. The van der Waals surface area contributed by atoms with E-state index in [0.717, 1.165) is 24.3 Å². The molecule has 0 saturated carbocycles. The van der Waals surface area contributed by atoms with Gasteiger partial charge in [0.25, 0.3) is 0 Å². The van der Waals surface area contributed by atoms with Gasteiger partial charge in [-0.25, -0.2) is 0 Å². The van der Waals surface area contributed by atoms with Crippen LogP contribution in [0.2, 0.25) is 5.15 Å². The van der Waals surface area contributed by atoms with E-state index in [9.17, 15) is 0 Å². The van der Waals surface area contributed by atoms with Crippen molar-refractivity contribution in [1.82, 2.24) is 20.1 Å². The van der Waals surface area contributed by atoms with Crippen molar-refractivity contribution in [1.29, 1.82) is 0 Å². The molecule has 0 saturated heterocycles. The second-order valence-corrected chi connectivity index (χ2v) is 4.74. The molecule has 0 spiro atoms. The number of nitrogens with one attached hydrogen (secondary N) is 1. The summed E-state index contributed by atoms with van der Waals surface area (Å²) in [5, 5.41) is 8.38. The van der Waals surface area contributed by atoms with Gasteiger partial charge in [0.15, 0.2) is 0 Å². The molecule has 0 aliphatic rings. The molecule has 2 rings (SSSR count). The number of rotatable bonds is 4. The third kappa shape index (κ3) is 2.71. The minimum Gasteiger partial charge on any atom is -0.308 e. The van der Waals surface area contributed by atoms with Crippen molar-refractivity contribution in [2.24, 2.45) is 7.05 Å². The third-order valence-electron chi connectivity index (χ3n) is 3.02. The van der Waals surface area contributed by atoms with Gasteiger partial charge in [0.1, 0.15) is 5.15 Å². The summed E-state index contributed by atoms with van der Waals surface area (Å²) in [6, 6.07) is 2.03. The van der Waals surface area contributed by atoms with Gasteiger partial charge in [-0.1, -0.05) is 11.6 Å². The van der Waals surface area contributed by atoms with Crippen LogP contribution in [0.15, 0.2) is 18.5 Å². The van der Waals surface area contributed by atoms with Gasteiger partial charge in [0.2, 0.25) is 0 Å². The Balaban J connectivity index is 1.99. The molecule has 0 radical (unpaired) electrons. The zero-order valence-electron chi connectivity index (χ0n) is 10.9. The largest absolute Gasteiger partial charge is 0.308 e. The first-order chi connectivity index (χ1) is 8.59. The van der Waals surface area contributed by atoms with Gasteiger partial charge in [0, 0.05) is 38.1 Å². The maximum absolute atomic E-state index is 6.18. The first kappa shape index (κ1) is 13.1. The Kier molecular flexibility index (Phi) is 3.99. The minimum atomic E-state index is 0.700. The maximum atomic E-state index is 6.18. The van der Waals surface area contributed by atoms with Gasteiger partial charge in [-0.2, -0.15) is 5.10 Å². The topological polar surface area (TPSA) is 42.7 Å². The van der Waals surface area contributed by atoms with Crippen molar-refractivity contribution < 1.29 is 0 Å². The van der Waals surface area contributed by atoms with Crippen LogP contribution in [-0.2, 0) is 20.1 Å². The molecule has 2 heterocycles. The highest BCUT2D eigenvalue weighted by Gasteiger charge is 2.10. The van der Waals surface area contributed by atoms with Gasteiger partial charge in [-0.15, -0.1) is 0 Å². The highest BCUT2D eigenvalue weighted by Crippen LogP contribution is 2.18. The van der Waals surface area contributed by atoms with E-state index in [-0.39, 0.29) is 0 Å². The SMILES string of the molecule is Cc1cnccc1CNCc1c(C)nn(C)c1Cl. The average molecular weight is 265 g/mol. The smallest absolute Gasteiger partial charge is 0.131 e. The lowest BCUT2D eigenvalue weighted by atomic mass is 10.1. The molecule has 0 atom stereocenters. The number of hydrogen-bond donors (Lipinski definition) is 1. The van der Waals surface area contributed by atoms with E-state index >= 15 is 0 Å². The molecule has 0 bridgehead atoms. The predicted octanol–water partition coefficient (Wildman–Crippen LogP) is 2.38. The molecule has 1 N–H and O–H groups in total. The van der Waals surface area contributed by atoms with Crippen molar-refractivity contribution >= 4 is 11.6 Å². The van der Waals surface area contributed by atoms with Crippen LogP contribution in [0.3, 0.4) is 0 Å². The van der Waals surface area contributed by atoms with Gasteiger partial charge < -0.3 is 5.32 Å². The van der Waals surface area contributed by atoms with E-state index in [1.165, 1.54) is 11.1 Å². The number of aryl methyl sites for hydroxylation is 3. The van der Waals surface area contributed by atoms with Crippen LogP contribution in [-0.4, -0.2) is 14.8 Å². The summed E-state index contributed by atoms with van der Waals surface area (Å²) >= 11 is 6.18. The molecular formula is C13H17ClN4. The Hall–Kier alpha value is -1.39. The monoisotopic (exact) mass is 264 g/mol. The van der Waals surface area contributed by atoms with Gasteiger partial charge in [0.05, 0.1) is 5.69 Å².